The highest BCUT2D eigenvalue weighted by atomic mass is 19.2. The van der Waals surface area contributed by atoms with Gasteiger partial charge < -0.3 is 9.84 Å². The number of carboxylic acids is 1. The first-order chi connectivity index (χ1) is 9.06. The van der Waals surface area contributed by atoms with Gasteiger partial charge in [-0.15, -0.1) is 0 Å². The van der Waals surface area contributed by atoms with Crippen molar-refractivity contribution in [3.05, 3.63) is 47.7 Å². The minimum absolute atomic E-state index is 0.0793. The van der Waals surface area contributed by atoms with Crippen molar-refractivity contribution in [2.45, 2.75) is 0 Å². The average Bonchev–Trinajstić information content (AvgIpc) is 2.41. The summed E-state index contributed by atoms with van der Waals surface area (Å²) >= 11 is 0. The SMILES string of the molecule is COc1nccc(C(=O)O)c1-c1cccc(F)c1F. The molecule has 0 unspecified atom stereocenters. The number of rotatable bonds is 3. The quantitative estimate of drug-likeness (QED) is 0.927. The van der Waals surface area contributed by atoms with E-state index < -0.39 is 17.6 Å². The molecule has 6 heteroatoms. The van der Waals surface area contributed by atoms with Gasteiger partial charge in [0.25, 0.3) is 0 Å². The molecule has 0 spiro atoms. The van der Waals surface area contributed by atoms with Crippen LogP contribution in [0, 0.1) is 11.6 Å². The Kier molecular flexibility index (Phi) is 3.41. The van der Waals surface area contributed by atoms with Gasteiger partial charge in [0.15, 0.2) is 11.6 Å². The predicted molar refractivity (Wildman–Crippen MR) is 63.1 cm³/mol. The highest BCUT2D eigenvalue weighted by Crippen LogP contribution is 2.34. The first-order valence-electron chi connectivity index (χ1n) is 5.27. The molecule has 19 heavy (non-hydrogen) atoms. The van der Waals surface area contributed by atoms with Crippen LogP contribution in [0.25, 0.3) is 11.1 Å². The van der Waals surface area contributed by atoms with E-state index in [9.17, 15) is 13.6 Å². The van der Waals surface area contributed by atoms with E-state index in [1.165, 1.54) is 31.5 Å². The van der Waals surface area contributed by atoms with Gasteiger partial charge in [-0.1, -0.05) is 12.1 Å². The third-order valence-corrected chi connectivity index (χ3v) is 2.56. The highest BCUT2D eigenvalue weighted by molar-refractivity contribution is 5.97. The molecule has 2 aromatic rings. The Balaban J connectivity index is 2.80. The van der Waals surface area contributed by atoms with Crippen LogP contribution < -0.4 is 4.74 Å². The average molecular weight is 265 g/mol. The molecule has 0 radical (unpaired) electrons. The molecule has 0 bridgehead atoms. The van der Waals surface area contributed by atoms with E-state index in [1.54, 1.807) is 0 Å². The third-order valence-electron chi connectivity index (χ3n) is 2.56. The monoisotopic (exact) mass is 265 g/mol. The van der Waals surface area contributed by atoms with E-state index >= 15 is 0 Å². The molecule has 0 saturated heterocycles. The van der Waals surface area contributed by atoms with Gasteiger partial charge in [-0.3, -0.25) is 0 Å². The zero-order chi connectivity index (χ0) is 14.0. The van der Waals surface area contributed by atoms with E-state index in [4.69, 9.17) is 9.84 Å². The second-order valence-corrected chi connectivity index (χ2v) is 3.65. The van der Waals surface area contributed by atoms with Crippen LogP contribution in [0.4, 0.5) is 8.78 Å². The van der Waals surface area contributed by atoms with Gasteiger partial charge in [-0.25, -0.2) is 18.6 Å². The summed E-state index contributed by atoms with van der Waals surface area (Å²) < 4.78 is 32.0. The van der Waals surface area contributed by atoms with Crippen molar-refractivity contribution in [3.8, 4) is 17.0 Å². The lowest BCUT2D eigenvalue weighted by Gasteiger charge is -2.11. The van der Waals surface area contributed by atoms with Gasteiger partial charge in [0.2, 0.25) is 5.88 Å². The Labute approximate surface area is 107 Å². The molecule has 0 atom stereocenters. The van der Waals surface area contributed by atoms with Crippen LogP contribution in [-0.2, 0) is 0 Å². The first-order valence-corrected chi connectivity index (χ1v) is 5.27. The molecule has 0 aliphatic rings. The summed E-state index contributed by atoms with van der Waals surface area (Å²) in [4.78, 5) is 15.0. The molecule has 1 aromatic carbocycles. The maximum Gasteiger partial charge on any atom is 0.336 e. The standard InChI is InChI=1S/C13H9F2NO3/c1-19-12-10(8(13(17)18)5-6-16-12)7-3-2-4-9(14)11(7)15/h2-6H,1H3,(H,17,18). The molecule has 0 amide bonds. The number of hydrogen-bond acceptors (Lipinski definition) is 3. The number of hydrogen-bond donors (Lipinski definition) is 1. The fourth-order valence-electron chi connectivity index (χ4n) is 1.73. The number of aromatic carboxylic acids is 1. The normalized spacial score (nSPS) is 10.3. The zero-order valence-electron chi connectivity index (χ0n) is 9.85. The summed E-state index contributed by atoms with van der Waals surface area (Å²) in [7, 11) is 1.27. The summed E-state index contributed by atoms with van der Waals surface area (Å²) in [5.41, 5.74) is -0.506. The Morgan fingerprint density at radius 2 is 2.05 bits per heavy atom. The topological polar surface area (TPSA) is 59.4 Å². The van der Waals surface area contributed by atoms with Gasteiger partial charge in [-0.2, -0.15) is 0 Å². The largest absolute Gasteiger partial charge is 0.481 e. The van der Waals surface area contributed by atoms with Crippen LogP contribution >= 0.6 is 0 Å². The van der Waals surface area contributed by atoms with E-state index in [0.29, 0.717) is 0 Å². The molecule has 0 aliphatic carbocycles. The Hall–Kier alpha value is -2.50. The summed E-state index contributed by atoms with van der Waals surface area (Å²) in [6.07, 6.45) is 1.23. The molecular formula is C13H9F2NO3. The lowest BCUT2D eigenvalue weighted by Crippen LogP contribution is -2.04. The highest BCUT2D eigenvalue weighted by Gasteiger charge is 2.21. The lowest BCUT2D eigenvalue weighted by molar-refractivity contribution is 0.0697. The van der Waals surface area contributed by atoms with Crippen LogP contribution in [0.15, 0.2) is 30.5 Å². The van der Waals surface area contributed by atoms with Crippen molar-refractivity contribution in [1.82, 2.24) is 4.98 Å². The van der Waals surface area contributed by atoms with Gasteiger partial charge in [0, 0.05) is 11.8 Å². The molecule has 98 valence electrons. The summed E-state index contributed by atoms with van der Waals surface area (Å²) in [5, 5.41) is 9.11. The molecule has 0 fully saturated rings. The predicted octanol–water partition coefficient (Wildman–Crippen LogP) is 2.73. The van der Waals surface area contributed by atoms with Gasteiger partial charge >= 0.3 is 5.97 Å². The Morgan fingerprint density at radius 3 is 2.68 bits per heavy atom. The fraction of sp³-hybridized carbons (Fsp3) is 0.0769. The molecule has 4 nitrogen and oxygen atoms in total. The number of halogens is 2. The van der Waals surface area contributed by atoms with Gasteiger partial charge in [-0.05, 0) is 12.1 Å². The van der Waals surface area contributed by atoms with Crippen LogP contribution in [0.2, 0.25) is 0 Å². The lowest BCUT2D eigenvalue weighted by atomic mass is 10.0. The van der Waals surface area contributed by atoms with E-state index in [-0.39, 0.29) is 22.6 Å². The van der Waals surface area contributed by atoms with E-state index in [1.807, 2.05) is 0 Å². The van der Waals surface area contributed by atoms with Crippen molar-refractivity contribution in [2.75, 3.05) is 7.11 Å². The number of pyridine rings is 1. The van der Waals surface area contributed by atoms with Crippen molar-refractivity contribution in [3.63, 3.8) is 0 Å². The number of carboxylic acid groups (broad SMARTS) is 1. The number of nitrogens with zero attached hydrogens (tertiary/aromatic N) is 1. The van der Waals surface area contributed by atoms with Crippen LogP contribution in [-0.4, -0.2) is 23.2 Å². The van der Waals surface area contributed by atoms with Crippen molar-refractivity contribution in [2.24, 2.45) is 0 Å². The number of aromatic nitrogens is 1. The number of ether oxygens (including phenoxy) is 1. The number of benzene rings is 1. The molecule has 1 aromatic heterocycles. The maximum atomic E-state index is 13.8. The summed E-state index contributed by atoms with van der Waals surface area (Å²) in [6.45, 7) is 0. The van der Waals surface area contributed by atoms with Crippen molar-refractivity contribution >= 4 is 5.97 Å². The molecule has 2 rings (SSSR count). The summed E-state index contributed by atoms with van der Waals surface area (Å²) in [6, 6.07) is 4.70. The van der Waals surface area contributed by atoms with E-state index in [2.05, 4.69) is 4.98 Å². The smallest absolute Gasteiger partial charge is 0.336 e. The third kappa shape index (κ3) is 2.24. The summed E-state index contributed by atoms with van der Waals surface area (Å²) in [5.74, 6) is -3.57. The molecule has 0 aliphatic heterocycles. The Morgan fingerprint density at radius 1 is 1.32 bits per heavy atom. The fourth-order valence-corrected chi connectivity index (χ4v) is 1.73. The van der Waals surface area contributed by atoms with Crippen molar-refractivity contribution < 1.29 is 23.4 Å². The second-order valence-electron chi connectivity index (χ2n) is 3.65. The molecule has 1 heterocycles. The minimum Gasteiger partial charge on any atom is -0.481 e. The minimum atomic E-state index is -1.28. The van der Waals surface area contributed by atoms with Crippen LogP contribution in [0.5, 0.6) is 5.88 Å². The molecular weight excluding hydrogens is 256 g/mol. The first kappa shape index (κ1) is 12.9. The number of carbonyl (C=O) groups is 1. The second kappa shape index (κ2) is 5.01. The van der Waals surface area contributed by atoms with E-state index in [0.717, 1.165) is 6.07 Å². The van der Waals surface area contributed by atoms with Gasteiger partial charge in [0.1, 0.15) is 0 Å². The van der Waals surface area contributed by atoms with Crippen molar-refractivity contribution in [1.29, 1.82) is 0 Å². The maximum absolute atomic E-state index is 13.8. The Bertz CT molecular complexity index is 644. The van der Waals surface area contributed by atoms with Gasteiger partial charge in [0.05, 0.1) is 18.2 Å². The zero-order valence-corrected chi connectivity index (χ0v) is 9.85. The number of methoxy groups -OCH3 is 1. The van der Waals surface area contributed by atoms with Crippen LogP contribution in [0.1, 0.15) is 10.4 Å². The molecule has 0 saturated carbocycles. The molecule has 1 N–H and O–H groups in total. The van der Waals surface area contributed by atoms with Crippen LogP contribution in [0.3, 0.4) is 0 Å².